The first-order valence-corrected chi connectivity index (χ1v) is 15.6. The van der Waals surface area contributed by atoms with Crippen molar-refractivity contribution in [1.29, 1.82) is 0 Å². The van der Waals surface area contributed by atoms with Gasteiger partial charge in [-0.2, -0.15) is 0 Å². The Labute approximate surface area is 322 Å². The van der Waals surface area contributed by atoms with Gasteiger partial charge in [0, 0.05) is 54.3 Å². The van der Waals surface area contributed by atoms with Gasteiger partial charge in [-0.05, 0) is 82.3 Å². The monoisotopic (exact) mass is 835 g/mol. The van der Waals surface area contributed by atoms with Gasteiger partial charge >= 0.3 is 0 Å². The van der Waals surface area contributed by atoms with Crippen LogP contribution in [0.2, 0.25) is 0 Å². The fourth-order valence-electron chi connectivity index (χ4n) is 6.07. The van der Waals surface area contributed by atoms with Crippen LogP contribution in [-0.2, 0) is 20.1 Å². The molecule has 0 bridgehead atoms. The van der Waals surface area contributed by atoms with E-state index in [9.17, 15) is 0 Å². The summed E-state index contributed by atoms with van der Waals surface area (Å²) < 4.78 is 98.6. The Bertz CT molecular complexity index is 3080. The number of hydrogen-bond donors (Lipinski definition) is 0. The molecule has 3 nitrogen and oxygen atoms in total. The maximum absolute atomic E-state index is 7.87. The second-order valence-corrected chi connectivity index (χ2v) is 11.6. The van der Waals surface area contributed by atoms with Gasteiger partial charge in [0.1, 0.15) is 5.58 Å². The first kappa shape index (κ1) is 21.6. The summed E-state index contributed by atoms with van der Waals surface area (Å²) in [5, 5.41) is 6.20. The van der Waals surface area contributed by atoms with Gasteiger partial charge in [0.25, 0.3) is 0 Å². The third-order valence-corrected chi connectivity index (χ3v) is 8.53. The summed E-state index contributed by atoms with van der Waals surface area (Å²) in [4.78, 5) is 8.51. The molecular formula is C46H34IrN2O-2. The van der Waals surface area contributed by atoms with E-state index in [2.05, 4.69) is 52.4 Å². The number of hydrogen-bond acceptors (Lipinski definition) is 3. The van der Waals surface area contributed by atoms with Crippen molar-refractivity contribution < 1.29 is 41.0 Å². The van der Waals surface area contributed by atoms with E-state index in [1.165, 1.54) is 24.4 Å². The Morgan fingerprint density at radius 1 is 0.600 bits per heavy atom. The van der Waals surface area contributed by atoms with Crippen molar-refractivity contribution in [3.05, 3.63) is 168 Å². The molecule has 0 aliphatic rings. The molecule has 245 valence electrons. The Morgan fingerprint density at radius 3 is 2.24 bits per heavy atom. The molecule has 50 heavy (non-hydrogen) atoms. The Morgan fingerprint density at radius 2 is 1.42 bits per heavy atom. The summed E-state index contributed by atoms with van der Waals surface area (Å²) >= 11 is 0. The molecule has 1 radical (unpaired) electrons. The zero-order valence-electron chi connectivity index (χ0n) is 38.3. The van der Waals surface area contributed by atoms with Crippen LogP contribution in [0.15, 0.2) is 138 Å². The molecule has 0 atom stereocenters. The molecule has 0 aliphatic heterocycles. The van der Waals surface area contributed by atoms with E-state index in [-0.39, 0.29) is 42.4 Å². The normalized spacial score (nSPS) is 15.6. The summed E-state index contributed by atoms with van der Waals surface area (Å²) in [6, 6.07) is 43.1. The van der Waals surface area contributed by atoms with Crippen LogP contribution in [0.3, 0.4) is 0 Å². The molecule has 0 amide bonds. The molecule has 9 aromatic rings. The standard InChI is InChI=1S/C27H18NO.C19H16N.Ir/c1-16-12-25(28-15-17(16)2)22-9-5-8-21-24-13-19-11-10-18-6-3-4-7-20(18)23(19)14-26(24)29-27(21)22;1-14-8-11-19(20-13-14)17-10-9-15(2)18(12-17)16-6-4-3-5-7-16;/h3-8,10-15H,1-2H3;3-9,11-13H,1-2H3;/q2*-1;/i2*1D3,2D3;. The molecule has 9 rings (SSSR count). The number of furan rings is 1. The maximum Gasteiger partial charge on any atom is 0.121 e. The number of nitrogens with zero attached hydrogens (tertiary/aromatic N) is 2. The van der Waals surface area contributed by atoms with Gasteiger partial charge in [-0.3, -0.25) is 0 Å². The summed E-state index contributed by atoms with van der Waals surface area (Å²) in [5.74, 6) is 0. The van der Waals surface area contributed by atoms with Crippen LogP contribution in [0.1, 0.15) is 38.7 Å². The molecule has 0 unspecified atom stereocenters. The van der Waals surface area contributed by atoms with Crippen LogP contribution in [-0.4, -0.2) is 9.97 Å². The summed E-state index contributed by atoms with van der Waals surface area (Å²) in [5.41, 5.74) is 4.34. The van der Waals surface area contributed by atoms with E-state index < -0.39 is 27.4 Å². The van der Waals surface area contributed by atoms with Crippen LogP contribution >= 0.6 is 0 Å². The van der Waals surface area contributed by atoms with Crippen LogP contribution in [0, 0.1) is 39.5 Å². The number of pyridine rings is 2. The molecule has 0 saturated heterocycles. The molecule has 0 N–H and O–H groups in total. The predicted octanol–water partition coefficient (Wildman–Crippen LogP) is 12.2. The molecule has 0 aliphatic carbocycles. The molecule has 0 spiro atoms. The second kappa shape index (κ2) is 13.8. The minimum atomic E-state index is -2.61. The third-order valence-electron chi connectivity index (χ3n) is 8.53. The van der Waals surface area contributed by atoms with Crippen LogP contribution in [0.5, 0.6) is 0 Å². The van der Waals surface area contributed by atoms with Gasteiger partial charge in [0.15, 0.2) is 0 Å². The van der Waals surface area contributed by atoms with Gasteiger partial charge in [-0.15, -0.1) is 47.5 Å². The maximum atomic E-state index is 7.87. The quantitative estimate of drug-likeness (QED) is 0.131. The molecular weight excluding hydrogens is 789 g/mol. The SMILES string of the molecule is [2H]C([2H])([2H])c1ccc(-c2[c-]cc(C([2H])([2H])[2H])c(-c3ccccc3)c2)nc1.[2H]C([2H])([2H])c1cnc(-c2[c-]ccc3c2oc2cc4c(ccc5ccccc54)cc23)cc1C([2H])([2H])[2H].[Ir]. The van der Waals surface area contributed by atoms with E-state index >= 15 is 0 Å². The van der Waals surface area contributed by atoms with Crippen molar-refractivity contribution in [1.82, 2.24) is 9.97 Å². The fraction of sp³-hybridized carbons (Fsp3) is 0.0870. The van der Waals surface area contributed by atoms with Crippen molar-refractivity contribution in [3.8, 4) is 33.6 Å². The molecule has 4 heteroatoms. The van der Waals surface area contributed by atoms with Gasteiger partial charge in [-0.1, -0.05) is 114 Å². The fourth-order valence-corrected chi connectivity index (χ4v) is 6.07. The number of aryl methyl sites for hydroxylation is 4. The van der Waals surface area contributed by atoms with Gasteiger partial charge in [0.2, 0.25) is 0 Å². The van der Waals surface area contributed by atoms with E-state index in [0.29, 0.717) is 39.2 Å². The Balaban J connectivity index is 0.000000192. The second-order valence-electron chi connectivity index (χ2n) is 11.6. The molecule has 0 fully saturated rings. The third kappa shape index (κ3) is 6.25. The number of benzene rings is 6. The first-order valence-electron chi connectivity index (χ1n) is 21.6. The predicted molar refractivity (Wildman–Crippen MR) is 204 cm³/mol. The Kier molecular flexibility index (Phi) is 5.99. The van der Waals surface area contributed by atoms with E-state index in [1.54, 1.807) is 18.2 Å². The van der Waals surface area contributed by atoms with Crippen molar-refractivity contribution in [2.24, 2.45) is 0 Å². The first-order chi connectivity index (χ1) is 28.8. The van der Waals surface area contributed by atoms with Gasteiger partial charge < -0.3 is 14.4 Å². The van der Waals surface area contributed by atoms with Crippen molar-refractivity contribution >= 4 is 43.5 Å². The average molecular weight is 835 g/mol. The van der Waals surface area contributed by atoms with Crippen molar-refractivity contribution in [2.75, 3.05) is 0 Å². The van der Waals surface area contributed by atoms with E-state index in [4.69, 9.17) is 20.9 Å². The van der Waals surface area contributed by atoms with Gasteiger partial charge in [0.05, 0.1) is 5.58 Å². The summed E-state index contributed by atoms with van der Waals surface area (Å²) in [7, 11) is 0. The topological polar surface area (TPSA) is 38.9 Å². The molecule has 3 heterocycles. The molecule has 6 aromatic carbocycles. The average Bonchev–Trinajstić information content (AvgIpc) is 3.59. The van der Waals surface area contributed by atoms with E-state index in [1.807, 2.05) is 54.6 Å². The van der Waals surface area contributed by atoms with Crippen molar-refractivity contribution in [3.63, 3.8) is 0 Å². The summed E-state index contributed by atoms with van der Waals surface area (Å²) in [6.45, 7) is -9.68. The minimum Gasteiger partial charge on any atom is -0.501 e. The van der Waals surface area contributed by atoms with Crippen LogP contribution in [0.25, 0.3) is 77.1 Å². The van der Waals surface area contributed by atoms with Crippen molar-refractivity contribution in [2.45, 2.75) is 27.4 Å². The van der Waals surface area contributed by atoms with Gasteiger partial charge in [-0.25, -0.2) is 0 Å². The van der Waals surface area contributed by atoms with E-state index in [0.717, 1.165) is 44.1 Å². The summed E-state index contributed by atoms with van der Waals surface area (Å²) in [6.07, 6.45) is 2.44. The number of aromatic nitrogens is 2. The van der Waals surface area contributed by atoms with Crippen LogP contribution in [0.4, 0.5) is 0 Å². The number of rotatable bonds is 3. The minimum absolute atomic E-state index is 0. The Hall–Kier alpha value is -5.41. The molecule has 3 aromatic heterocycles. The molecule has 0 saturated carbocycles. The van der Waals surface area contributed by atoms with Crippen LogP contribution < -0.4 is 0 Å². The number of fused-ring (bicyclic) bond motifs is 6. The smallest absolute Gasteiger partial charge is 0.121 e. The largest absolute Gasteiger partial charge is 0.501 e. The zero-order valence-corrected chi connectivity index (χ0v) is 28.7. The zero-order chi connectivity index (χ0) is 43.5.